The van der Waals surface area contributed by atoms with Crippen LogP contribution in [0.5, 0.6) is 0 Å². The lowest BCUT2D eigenvalue weighted by Gasteiger charge is -2.30. The number of rotatable bonds is 7. The van der Waals surface area contributed by atoms with Crippen molar-refractivity contribution in [3.8, 4) is 0 Å². The smallest absolute Gasteiger partial charge is 0.305 e. The average molecular weight is 403 g/mol. The van der Waals surface area contributed by atoms with Crippen LogP contribution in [0.1, 0.15) is 24.0 Å². The average Bonchev–Trinajstić information content (AvgIpc) is 2.78. The Morgan fingerprint density at radius 1 is 1.17 bits per heavy atom. The van der Waals surface area contributed by atoms with E-state index in [2.05, 4.69) is 10.1 Å². The Bertz CT molecular complexity index is 1010. The van der Waals surface area contributed by atoms with Gasteiger partial charge in [-0.2, -0.15) is 0 Å². The second-order valence-corrected chi connectivity index (χ2v) is 7.18. The molecule has 30 heavy (non-hydrogen) atoms. The van der Waals surface area contributed by atoms with Gasteiger partial charge in [-0.15, -0.1) is 0 Å². The van der Waals surface area contributed by atoms with E-state index in [1.54, 1.807) is 12.1 Å². The molecule has 0 spiro atoms. The number of nitrogens with two attached hydrogens (primary N) is 1. The van der Waals surface area contributed by atoms with E-state index in [1.165, 1.54) is 7.11 Å². The van der Waals surface area contributed by atoms with Gasteiger partial charge in [0.25, 0.3) is 0 Å². The molecular formula is C24H25N3O3. The summed E-state index contributed by atoms with van der Waals surface area (Å²) in [6, 6.07) is 17.1. The molecule has 2 aromatic carbocycles. The monoisotopic (exact) mass is 403 g/mol. The Morgan fingerprint density at radius 2 is 1.93 bits per heavy atom. The standard InChI is InChI=1S/C24H25N3O3/c1-30-21(28)11-10-17-6-5-9-20(16-17)27-23(29)24(22(25)26)14-12-19(13-15-24)18-7-3-2-4-8-18/h2-9,12-14,16H,10-11,15H2,1H3,(H3,25,26)(H,27,29). The summed E-state index contributed by atoms with van der Waals surface area (Å²) in [7, 11) is 1.36. The van der Waals surface area contributed by atoms with Crippen LogP contribution in [0, 0.1) is 10.8 Å². The van der Waals surface area contributed by atoms with Crippen molar-refractivity contribution in [2.45, 2.75) is 19.3 Å². The summed E-state index contributed by atoms with van der Waals surface area (Å²) < 4.78 is 4.67. The molecule has 0 aliphatic heterocycles. The van der Waals surface area contributed by atoms with Gasteiger partial charge in [-0.25, -0.2) is 0 Å². The number of hydrogen-bond acceptors (Lipinski definition) is 4. The zero-order valence-corrected chi connectivity index (χ0v) is 16.9. The molecule has 6 heteroatoms. The van der Waals surface area contributed by atoms with Gasteiger partial charge in [-0.05, 0) is 41.7 Å². The van der Waals surface area contributed by atoms with Crippen LogP contribution in [0.3, 0.4) is 0 Å². The molecule has 1 amide bonds. The van der Waals surface area contributed by atoms with Crippen LogP contribution >= 0.6 is 0 Å². The number of esters is 1. The molecule has 4 N–H and O–H groups in total. The minimum Gasteiger partial charge on any atom is -0.469 e. The lowest BCUT2D eigenvalue weighted by molar-refractivity contribution is -0.140. The van der Waals surface area contributed by atoms with E-state index < -0.39 is 5.41 Å². The fourth-order valence-corrected chi connectivity index (χ4v) is 3.37. The summed E-state index contributed by atoms with van der Waals surface area (Å²) in [6.07, 6.45) is 6.55. The number of benzene rings is 2. The number of amides is 1. The molecule has 0 saturated heterocycles. The molecule has 1 aliphatic rings. The number of amidine groups is 1. The van der Waals surface area contributed by atoms with Crippen molar-refractivity contribution in [1.29, 1.82) is 5.41 Å². The number of carbonyl (C=O) groups is 2. The van der Waals surface area contributed by atoms with Gasteiger partial charge < -0.3 is 15.8 Å². The molecule has 1 atom stereocenters. The highest BCUT2D eigenvalue weighted by molar-refractivity contribution is 6.13. The van der Waals surface area contributed by atoms with Crippen molar-refractivity contribution in [2.24, 2.45) is 11.1 Å². The van der Waals surface area contributed by atoms with Gasteiger partial charge in [0.1, 0.15) is 11.3 Å². The molecule has 1 aliphatic carbocycles. The normalized spacial score (nSPS) is 17.7. The van der Waals surface area contributed by atoms with Crippen molar-refractivity contribution in [3.63, 3.8) is 0 Å². The van der Waals surface area contributed by atoms with Gasteiger partial charge in [0.2, 0.25) is 5.91 Å². The molecule has 0 bridgehead atoms. The van der Waals surface area contributed by atoms with E-state index in [9.17, 15) is 9.59 Å². The molecule has 0 saturated carbocycles. The summed E-state index contributed by atoms with van der Waals surface area (Å²) in [5.74, 6) is -0.852. The van der Waals surface area contributed by atoms with Gasteiger partial charge in [-0.1, -0.05) is 60.7 Å². The molecule has 0 aromatic heterocycles. The van der Waals surface area contributed by atoms with Crippen LogP contribution in [0.4, 0.5) is 5.69 Å². The molecule has 0 radical (unpaired) electrons. The van der Waals surface area contributed by atoms with Crippen LogP contribution in [0.2, 0.25) is 0 Å². The van der Waals surface area contributed by atoms with E-state index in [0.29, 0.717) is 18.5 Å². The van der Waals surface area contributed by atoms with Crippen LogP contribution < -0.4 is 11.1 Å². The van der Waals surface area contributed by atoms with E-state index in [1.807, 2.05) is 60.7 Å². The summed E-state index contributed by atoms with van der Waals surface area (Å²) in [6.45, 7) is 0. The van der Waals surface area contributed by atoms with Crippen molar-refractivity contribution < 1.29 is 14.3 Å². The first-order valence-electron chi connectivity index (χ1n) is 9.71. The SMILES string of the molecule is COC(=O)CCc1cccc(NC(=O)C2(C(=N)N)C=CC(c3ccccc3)=CC2)c1. The van der Waals surface area contributed by atoms with Crippen molar-refractivity contribution >= 4 is 29.0 Å². The first kappa shape index (κ1) is 21.0. The molecule has 3 rings (SSSR count). The number of anilines is 1. The molecule has 154 valence electrons. The van der Waals surface area contributed by atoms with Crippen molar-refractivity contribution in [1.82, 2.24) is 0 Å². The molecule has 0 fully saturated rings. The number of nitrogens with one attached hydrogen (secondary N) is 2. The topological polar surface area (TPSA) is 105 Å². The predicted molar refractivity (Wildman–Crippen MR) is 118 cm³/mol. The third-order valence-corrected chi connectivity index (χ3v) is 5.21. The van der Waals surface area contributed by atoms with E-state index in [0.717, 1.165) is 16.7 Å². The second kappa shape index (κ2) is 9.22. The van der Waals surface area contributed by atoms with Crippen LogP contribution in [-0.2, 0) is 20.7 Å². The quantitative estimate of drug-likeness (QED) is 0.372. The second-order valence-electron chi connectivity index (χ2n) is 7.18. The largest absolute Gasteiger partial charge is 0.469 e. The molecule has 2 aromatic rings. The Labute approximate surface area is 175 Å². The van der Waals surface area contributed by atoms with Crippen molar-refractivity contribution in [3.05, 3.63) is 84.0 Å². The number of aryl methyl sites for hydroxylation is 1. The van der Waals surface area contributed by atoms with E-state index in [-0.39, 0.29) is 24.1 Å². The lowest BCUT2D eigenvalue weighted by atomic mass is 9.77. The molecule has 6 nitrogen and oxygen atoms in total. The summed E-state index contributed by atoms with van der Waals surface area (Å²) >= 11 is 0. The van der Waals surface area contributed by atoms with Gasteiger partial charge in [0, 0.05) is 12.1 Å². The third-order valence-electron chi connectivity index (χ3n) is 5.21. The number of allylic oxidation sites excluding steroid dienone is 3. The molecular weight excluding hydrogens is 378 g/mol. The third kappa shape index (κ3) is 4.66. The fraction of sp³-hybridized carbons (Fsp3) is 0.208. The number of hydrogen-bond donors (Lipinski definition) is 3. The van der Waals surface area contributed by atoms with Gasteiger partial charge in [0.15, 0.2) is 0 Å². The minimum atomic E-state index is -1.24. The van der Waals surface area contributed by atoms with Gasteiger partial charge in [-0.3, -0.25) is 15.0 Å². The molecule has 1 unspecified atom stereocenters. The highest BCUT2D eigenvalue weighted by atomic mass is 16.5. The number of methoxy groups -OCH3 is 1. The van der Waals surface area contributed by atoms with Crippen LogP contribution in [-0.4, -0.2) is 24.8 Å². The molecule has 0 heterocycles. The minimum absolute atomic E-state index is 0.207. The summed E-state index contributed by atoms with van der Waals surface area (Å²) in [5.41, 5.74) is 8.15. The zero-order chi connectivity index (χ0) is 21.6. The Kier molecular flexibility index (Phi) is 6.47. The first-order valence-corrected chi connectivity index (χ1v) is 9.71. The number of ether oxygens (including phenoxy) is 1. The van der Waals surface area contributed by atoms with Crippen LogP contribution in [0.25, 0.3) is 5.57 Å². The summed E-state index contributed by atoms with van der Waals surface area (Å²) in [4.78, 5) is 24.5. The Hall–Kier alpha value is -3.67. The Morgan fingerprint density at radius 3 is 2.57 bits per heavy atom. The van der Waals surface area contributed by atoms with Crippen LogP contribution in [0.15, 0.2) is 72.8 Å². The van der Waals surface area contributed by atoms with E-state index in [4.69, 9.17) is 11.1 Å². The maximum absolute atomic E-state index is 13.1. The Balaban J connectivity index is 1.75. The van der Waals surface area contributed by atoms with Gasteiger partial charge >= 0.3 is 5.97 Å². The van der Waals surface area contributed by atoms with Gasteiger partial charge in [0.05, 0.1) is 7.11 Å². The number of carbonyl (C=O) groups excluding carboxylic acids is 2. The predicted octanol–water partition coefficient (Wildman–Crippen LogP) is 3.70. The van der Waals surface area contributed by atoms with Crippen molar-refractivity contribution in [2.75, 3.05) is 12.4 Å². The maximum atomic E-state index is 13.1. The van der Waals surface area contributed by atoms with E-state index >= 15 is 0 Å². The summed E-state index contributed by atoms with van der Waals surface area (Å²) in [5, 5.41) is 10.9. The highest BCUT2D eigenvalue weighted by Crippen LogP contribution is 2.34. The zero-order valence-electron chi connectivity index (χ0n) is 16.9. The fourth-order valence-electron chi connectivity index (χ4n) is 3.37. The lowest BCUT2D eigenvalue weighted by Crippen LogP contribution is -2.45. The first-order chi connectivity index (χ1) is 14.4. The highest BCUT2D eigenvalue weighted by Gasteiger charge is 2.40. The maximum Gasteiger partial charge on any atom is 0.305 e.